The number of hydrogen-bond donors (Lipinski definition) is 2. The summed E-state index contributed by atoms with van der Waals surface area (Å²) in [5.74, 6) is 0. The largest absolute Gasteiger partial charge is 0.318 e. The molecule has 2 rings (SSSR count). The first-order valence-corrected chi connectivity index (χ1v) is 5.15. The van der Waals surface area contributed by atoms with Crippen molar-refractivity contribution in [3.63, 3.8) is 0 Å². The van der Waals surface area contributed by atoms with E-state index < -0.39 is 0 Å². The topological polar surface area (TPSA) is 38.0 Å². The highest BCUT2D eigenvalue weighted by molar-refractivity contribution is 7.17. The van der Waals surface area contributed by atoms with Crippen molar-refractivity contribution in [2.24, 2.45) is 5.73 Å². The third-order valence-electron chi connectivity index (χ3n) is 2.02. The van der Waals surface area contributed by atoms with Gasteiger partial charge in [0, 0.05) is 17.9 Å². The molecule has 2 aromatic rings. The molecule has 2 nitrogen and oxygen atoms in total. The predicted molar refractivity (Wildman–Crippen MR) is 57.7 cm³/mol. The summed E-state index contributed by atoms with van der Waals surface area (Å²) in [6.45, 7) is 1.39. The summed E-state index contributed by atoms with van der Waals surface area (Å²) in [7, 11) is 0. The summed E-state index contributed by atoms with van der Waals surface area (Å²) in [4.78, 5) is 0. The lowest BCUT2D eigenvalue weighted by atomic mass is 10.2. The van der Waals surface area contributed by atoms with E-state index in [9.17, 15) is 0 Å². The van der Waals surface area contributed by atoms with Gasteiger partial charge in [0.15, 0.2) is 0 Å². The lowest BCUT2D eigenvalue weighted by molar-refractivity contribution is 0.713. The molecule has 0 unspecified atom stereocenters. The first kappa shape index (κ1) is 8.69. The van der Waals surface area contributed by atoms with Gasteiger partial charge >= 0.3 is 0 Å². The van der Waals surface area contributed by atoms with Crippen molar-refractivity contribution in [3.8, 4) is 0 Å². The molecule has 0 bridgehead atoms. The van der Waals surface area contributed by atoms with Crippen molar-refractivity contribution >= 4 is 21.4 Å². The van der Waals surface area contributed by atoms with Crippen molar-refractivity contribution in [2.75, 3.05) is 6.67 Å². The smallest absolute Gasteiger partial charge is 0.0431 e. The van der Waals surface area contributed by atoms with Gasteiger partial charge in [0.05, 0.1) is 0 Å². The molecule has 68 valence electrons. The molecule has 1 aromatic carbocycles. The molecule has 0 radical (unpaired) electrons. The van der Waals surface area contributed by atoms with E-state index >= 15 is 0 Å². The first-order valence-electron chi connectivity index (χ1n) is 4.27. The molecule has 3 heteroatoms. The fourth-order valence-electron chi connectivity index (χ4n) is 1.38. The van der Waals surface area contributed by atoms with Crippen LogP contribution in [0.3, 0.4) is 0 Å². The fourth-order valence-corrected chi connectivity index (χ4v) is 2.34. The molecule has 0 amide bonds. The molecular weight excluding hydrogens is 180 g/mol. The zero-order valence-corrected chi connectivity index (χ0v) is 8.10. The summed E-state index contributed by atoms with van der Waals surface area (Å²) >= 11 is 1.78. The Balaban J connectivity index is 2.35. The fraction of sp³-hybridized carbons (Fsp3) is 0.200. The third-order valence-corrected chi connectivity index (χ3v) is 3.03. The van der Waals surface area contributed by atoms with Gasteiger partial charge in [0.25, 0.3) is 0 Å². The van der Waals surface area contributed by atoms with Crippen molar-refractivity contribution in [1.29, 1.82) is 0 Å². The highest BCUT2D eigenvalue weighted by Gasteiger charge is 2.01. The minimum atomic E-state index is 0.532. The summed E-state index contributed by atoms with van der Waals surface area (Å²) in [5.41, 5.74) is 6.72. The van der Waals surface area contributed by atoms with E-state index in [-0.39, 0.29) is 0 Å². The van der Waals surface area contributed by atoms with Crippen LogP contribution in [0.15, 0.2) is 29.6 Å². The molecule has 1 heterocycles. The zero-order valence-electron chi connectivity index (χ0n) is 7.29. The number of nitrogens with two attached hydrogens (primary N) is 1. The average Bonchev–Trinajstić information content (AvgIpc) is 2.58. The Morgan fingerprint density at radius 3 is 3.00 bits per heavy atom. The lowest BCUT2D eigenvalue weighted by Gasteiger charge is -1.99. The van der Waals surface area contributed by atoms with Crippen molar-refractivity contribution < 1.29 is 0 Å². The van der Waals surface area contributed by atoms with Gasteiger partial charge in [-0.15, -0.1) is 11.3 Å². The second-order valence-corrected chi connectivity index (χ2v) is 3.80. The second kappa shape index (κ2) is 3.87. The number of hydrogen-bond acceptors (Lipinski definition) is 3. The molecule has 0 aliphatic carbocycles. The molecule has 1 aromatic heterocycles. The molecule has 0 saturated heterocycles. The standard InChI is InChI=1S/C10H12N2S/c11-7-12-5-8-6-13-10-4-2-1-3-9(8)10/h1-4,6,12H,5,7,11H2. The van der Waals surface area contributed by atoms with Crippen LogP contribution in [0.1, 0.15) is 5.56 Å². The normalized spacial score (nSPS) is 10.8. The van der Waals surface area contributed by atoms with Gasteiger partial charge in [-0.25, -0.2) is 0 Å². The Kier molecular flexibility index (Phi) is 2.59. The molecule has 0 aliphatic heterocycles. The van der Waals surface area contributed by atoms with E-state index in [4.69, 9.17) is 5.73 Å². The lowest BCUT2D eigenvalue weighted by Crippen LogP contribution is -2.21. The van der Waals surface area contributed by atoms with Crippen LogP contribution in [0.2, 0.25) is 0 Å². The quantitative estimate of drug-likeness (QED) is 0.729. The molecular formula is C10H12N2S. The van der Waals surface area contributed by atoms with Crippen molar-refractivity contribution in [2.45, 2.75) is 6.54 Å². The highest BCUT2D eigenvalue weighted by Crippen LogP contribution is 2.25. The third kappa shape index (κ3) is 1.72. The van der Waals surface area contributed by atoms with Crippen molar-refractivity contribution in [3.05, 3.63) is 35.2 Å². The maximum atomic E-state index is 5.38. The summed E-state index contributed by atoms with van der Waals surface area (Å²) in [5, 5.41) is 6.66. The molecule has 0 fully saturated rings. The van der Waals surface area contributed by atoms with Crippen LogP contribution in [-0.2, 0) is 6.54 Å². The number of benzene rings is 1. The summed E-state index contributed by atoms with van der Waals surface area (Å²) < 4.78 is 1.34. The van der Waals surface area contributed by atoms with E-state index in [1.807, 2.05) is 0 Å². The maximum Gasteiger partial charge on any atom is 0.0431 e. The predicted octanol–water partition coefficient (Wildman–Crippen LogP) is 1.91. The number of fused-ring (bicyclic) bond motifs is 1. The monoisotopic (exact) mass is 192 g/mol. The van der Waals surface area contributed by atoms with Crippen LogP contribution in [0.5, 0.6) is 0 Å². The van der Waals surface area contributed by atoms with Gasteiger partial charge in [-0.05, 0) is 22.4 Å². The Hall–Kier alpha value is -0.900. The van der Waals surface area contributed by atoms with E-state index in [1.54, 1.807) is 11.3 Å². The second-order valence-electron chi connectivity index (χ2n) is 2.89. The van der Waals surface area contributed by atoms with E-state index in [1.165, 1.54) is 15.6 Å². The molecule has 0 atom stereocenters. The molecule has 0 aliphatic rings. The van der Waals surface area contributed by atoms with Gasteiger partial charge < -0.3 is 11.1 Å². The van der Waals surface area contributed by atoms with Crippen LogP contribution < -0.4 is 11.1 Å². The molecule has 3 N–H and O–H groups in total. The van der Waals surface area contributed by atoms with E-state index in [2.05, 4.69) is 35.0 Å². The van der Waals surface area contributed by atoms with Crippen LogP contribution >= 0.6 is 11.3 Å². The van der Waals surface area contributed by atoms with Crippen molar-refractivity contribution in [1.82, 2.24) is 5.32 Å². The van der Waals surface area contributed by atoms with Crippen LogP contribution in [-0.4, -0.2) is 6.67 Å². The highest BCUT2D eigenvalue weighted by atomic mass is 32.1. The summed E-state index contributed by atoms with van der Waals surface area (Å²) in [6.07, 6.45) is 0. The van der Waals surface area contributed by atoms with Crippen LogP contribution in [0, 0.1) is 0 Å². The minimum Gasteiger partial charge on any atom is -0.318 e. The average molecular weight is 192 g/mol. The van der Waals surface area contributed by atoms with Gasteiger partial charge in [-0.2, -0.15) is 0 Å². The van der Waals surface area contributed by atoms with Crippen LogP contribution in [0.25, 0.3) is 10.1 Å². The Morgan fingerprint density at radius 1 is 1.31 bits per heavy atom. The Bertz CT molecular complexity index is 394. The number of thiophene rings is 1. The molecule has 13 heavy (non-hydrogen) atoms. The SMILES string of the molecule is NCNCc1csc2ccccc12. The van der Waals surface area contributed by atoms with Crippen LogP contribution in [0.4, 0.5) is 0 Å². The van der Waals surface area contributed by atoms with Gasteiger partial charge in [0.2, 0.25) is 0 Å². The van der Waals surface area contributed by atoms with E-state index in [0.717, 1.165) is 6.54 Å². The van der Waals surface area contributed by atoms with E-state index in [0.29, 0.717) is 6.67 Å². The summed E-state index contributed by atoms with van der Waals surface area (Å²) in [6, 6.07) is 8.44. The maximum absolute atomic E-state index is 5.38. The van der Waals surface area contributed by atoms with Gasteiger partial charge in [0.1, 0.15) is 0 Å². The number of nitrogens with one attached hydrogen (secondary N) is 1. The first-order chi connectivity index (χ1) is 6.42. The Labute approximate surface area is 81.4 Å². The van der Waals surface area contributed by atoms with Gasteiger partial charge in [-0.3, -0.25) is 0 Å². The number of rotatable bonds is 3. The Morgan fingerprint density at radius 2 is 2.15 bits per heavy atom. The zero-order chi connectivity index (χ0) is 9.10. The molecule has 0 spiro atoms. The minimum absolute atomic E-state index is 0.532. The molecule has 0 saturated carbocycles. The van der Waals surface area contributed by atoms with Gasteiger partial charge in [-0.1, -0.05) is 18.2 Å².